The van der Waals surface area contributed by atoms with Crippen molar-refractivity contribution < 1.29 is 18.0 Å². The molecule has 0 bridgehead atoms. The third-order valence-corrected chi connectivity index (χ3v) is 4.50. The number of nitrogens with zero attached hydrogens (tertiary/aromatic N) is 3. The van der Waals surface area contributed by atoms with Crippen molar-refractivity contribution in [2.45, 2.75) is 32.4 Å². The first-order chi connectivity index (χ1) is 11.2. The van der Waals surface area contributed by atoms with Gasteiger partial charge in [0, 0.05) is 25.5 Å². The third-order valence-electron chi connectivity index (χ3n) is 4.23. The van der Waals surface area contributed by atoms with E-state index in [1.165, 1.54) is 10.6 Å². The van der Waals surface area contributed by atoms with E-state index in [-0.39, 0.29) is 23.0 Å². The first-order valence-corrected chi connectivity index (χ1v) is 8.14. The van der Waals surface area contributed by atoms with Gasteiger partial charge in [-0.1, -0.05) is 18.5 Å². The molecule has 1 unspecified atom stereocenters. The average molecular weight is 360 g/mol. The van der Waals surface area contributed by atoms with Gasteiger partial charge in [-0.15, -0.1) is 0 Å². The number of pyridine rings is 1. The zero-order valence-corrected chi connectivity index (χ0v) is 13.9. The van der Waals surface area contributed by atoms with Crippen molar-refractivity contribution in [1.29, 1.82) is 0 Å². The van der Waals surface area contributed by atoms with E-state index < -0.39 is 11.7 Å². The quantitative estimate of drug-likeness (QED) is 0.817. The van der Waals surface area contributed by atoms with Crippen molar-refractivity contribution in [2.75, 3.05) is 13.1 Å². The molecule has 0 N–H and O–H groups in total. The fourth-order valence-electron chi connectivity index (χ4n) is 3.03. The van der Waals surface area contributed by atoms with E-state index in [9.17, 15) is 18.0 Å². The van der Waals surface area contributed by atoms with Crippen LogP contribution in [-0.4, -0.2) is 33.3 Å². The second-order valence-electron chi connectivity index (χ2n) is 6.30. The molecule has 1 fully saturated rings. The molecule has 24 heavy (non-hydrogen) atoms. The third kappa shape index (κ3) is 3.50. The van der Waals surface area contributed by atoms with Crippen molar-refractivity contribution in [3.8, 4) is 0 Å². The first kappa shape index (κ1) is 17.1. The van der Waals surface area contributed by atoms with Crippen molar-refractivity contribution in [1.82, 2.24) is 14.3 Å². The van der Waals surface area contributed by atoms with Crippen LogP contribution in [0.1, 0.15) is 31.0 Å². The van der Waals surface area contributed by atoms with Gasteiger partial charge >= 0.3 is 6.18 Å². The predicted molar refractivity (Wildman–Crippen MR) is 83.9 cm³/mol. The van der Waals surface area contributed by atoms with E-state index in [0.717, 1.165) is 31.6 Å². The highest BCUT2D eigenvalue weighted by Gasteiger charge is 2.32. The standard InChI is InChI=1S/C16H17ClF3N3O/c1-10-3-2-4-22(7-10)14(24)6-12-9-23-8-11(16(18,19)20)5-13(17)15(23)21-12/h5,8-10H,2-4,6-7H2,1H3. The van der Waals surface area contributed by atoms with Gasteiger partial charge in [-0.3, -0.25) is 4.79 Å². The zero-order chi connectivity index (χ0) is 17.5. The number of hydrogen-bond acceptors (Lipinski definition) is 2. The van der Waals surface area contributed by atoms with Crippen molar-refractivity contribution in [3.63, 3.8) is 0 Å². The molecule has 1 saturated heterocycles. The molecule has 1 amide bonds. The molecule has 1 aliphatic heterocycles. The van der Waals surface area contributed by atoms with Crippen LogP contribution in [0.2, 0.25) is 5.02 Å². The number of aromatic nitrogens is 2. The summed E-state index contributed by atoms with van der Waals surface area (Å²) >= 11 is 5.91. The van der Waals surface area contributed by atoms with Gasteiger partial charge in [-0.25, -0.2) is 4.98 Å². The van der Waals surface area contributed by atoms with E-state index in [1.807, 2.05) is 0 Å². The number of halogens is 4. The fraction of sp³-hybridized carbons (Fsp3) is 0.500. The van der Waals surface area contributed by atoms with Crippen LogP contribution in [-0.2, 0) is 17.4 Å². The molecule has 1 aliphatic rings. The van der Waals surface area contributed by atoms with Crippen molar-refractivity contribution in [2.24, 2.45) is 5.92 Å². The lowest BCUT2D eigenvalue weighted by Crippen LogP contribution is -2.39. The number of rotatable bonds is 2. The van der Waals surface area contributed by atoms with E-state index in [4.69, 9.17) is 11.6 Å². The SMILES string of the molecule is CC1CCCN(C(=O)Cc2cn3cc(C(F)(F)F)cc(Cl)c3n2)C1. The maximum Gasteiger partial charge on any atom is 0.417 e. The van der Waals surface area contributed by atoms with Gasteiger partial charge in [0.05, 0.1) is 22.7 Å². The van der Waals surface area contributed by atoms with Crippen LogP contribution in [0.5, 0.6) is 0 Å². The van der Waals surface area contributed by atoms with E-state index in [2.05, 4.69) is 11.9 Å². The molecular weight excluding hydrogens is 343 g/mol. The zero-order valence-electron chi connectivity index (χ0n) is 13.1. The van der Waals surface area contributed by atoms with Crippen molar-refractivity contribution >= 4 is 23.2 Å². The van der Waals surface area contributed by atoms with Crippen LogP contribution >= 0.6 is 11.6 Å². The molecule has 0 spiro atoms. The van der Waals surface area contributed by atoms with E-state index >= 15 is 0 Å². The highest BCUT2D eigenvalue weighted by Crippen LogP contribution is 2.32. The molecule has 3 rings (SSSR count). The second-order valence-corrected chi connectivity index (χ2v) is 6.71. The molecule has 0 radical (unpaired) electrons. The largest absolute Gasteiger partial charge is 0.417 e. The molecule has 130 valence electrons. The minimum atomic E-state index is -4.48. The Morgan fingerprint density at radius 1 is 1.42 bits per heavy atom. The Balaban J connectivity index is 1.83. The average Bonchev–Trinajstić information content (AvgIpc) is 2.89. The Bertz CT molecular complexity index is 772. The van der Waals surface area contributed by atoms with Gasteiger partial charge < -0.3 is 9.30 Å². The maximum atomic E-state index is 12.8. The summed E-state index contributed by atoms with van der Waals surface area (Å²) in [5.74, 6) is 0.407. The normalized spacial score (nSPS) is 19.0. The van der Waals surface area contributed by atoms with Gasteiger partial charge in [0.2, 0.25) is 5.91 Å². The summed E-state index contributed by atoms with van der Waals surface area (Å²) in [6, 6.07) is 0.849. The predicted octanol–water partition coefficient (Wildman–Crippen LogP) is 3.81. The highest BCUT2D eigenvalue weighted by molar-refractivity contribution is 6.33. The summed E-state index contributed by atoms with van der Waals surface area (Å²) in [6.07, 6.45) is 0.0216. The molecular formula is C16H17ClF3N3O. The molecule has 3 heterocycles. The Labute approximate surface area is 142 Å². The molecule has 1 atom stereocenters. The first-order valence-electron chi connectivity index (χ1n) is 7.76. The van der Waals surface area contributed by atoms with Gasteiger partial charge in [-0.05, 0) is 24.8 Å². The second kappa shape index (κ2) is 6.27. The molecule has 2 aromatic rings. The highest BCUT2D eigenvalue weighted by atomic mass is 35.5. The summed E-state index contributed by atoms with van der Waals surface area (Å²) < 4.78 is 39.7. The summed E-state index contributed by atoms with van der Waals surface area (Å²) in [5, 5.41) is -0.0879. The van der Waals surface area contributed by atoms with E-state index in [0.29, 0.717) is 18.2 Å². The van der Waals surface area contributed by atoms with E-state index in [1.54, 1.807) is 4.90 Å². The Morgan fingerprint density at radius 3 is 2.83 bits per heavy atom. The van der Waals surface area contributed by atoms with Gasteiger partial charge in [0.25, 0.3) is 0 Å². The smallest absolute Gasteiger partial charge is 0.342 e. The van der Waals surface area contributed by atoms with Crippen LogP contribution in [0.15, 0.2) is 18.5 Å². The van der Waals surface area contributed by atoms with Crippen molar-refractivity contribution in [3.05, 3.63) is 34.7 Å². The minimum Gasteiger partial charge on any atom is -0.342 e. The molecule has 0 aromatic carbocycles. The maximum absolute atomic E-state index is 12.8. The topological polar surface area (TPSA) is 37.6 Å². The van der Waals surface area contributed by atoms with Gasteiger partial charge in [0.15, 0.2) is 5.65 Å². The fourth-order valence-corrected chi connectivity index (χ4v) is 3.29. The Kier molecular flexibility index (Phi) is 4.46. The summed E-state index contributed by atoms with van der Waals surface area (Å²) in [5.41, 5.74) is -0.209. The number of imidazole rings is 1. The lowest BCUT2D eigenvalue weighted by molar-refractivity contribution is -0.138. The Hall–Kier alpha value is -1.76. The lowest BCUT2D eigenvalue weighted by atomic mass is 10.00. The number of piperidine rings is 1. The minimum absolute atomic E-state index is 0.0582. The summed E-state index contributed by atoms with van der Waals surface area (Å²) in [7, 11) is 0. The number of carbonyl (C=O) groups excluding carboxylic acids is 1. The van der Waals surface area contributed by atoms with Crippen LogP contribution < -0.4 is 0 Å². The summed E-state index contributed by atoms with van der Waals surface area (Å²) in [6.45, 7) is 3.53. The van der Waals surface area contributed by atoms with Crippen LogP contribution in [0.4, 0.5) is 13.2 Å². The van der Waals surface area contributed by atoms with Gasteiger partial charge in [0.1, 0.15) is 0 Å². The molecule has 0 aliphatic carbocycles. The van der Waals surface area contributed by atoms with Crippen LogP contribution in [0.3, 0.4) is 0 Å². The number of fused-ring (bicyclic) bond motifs is 1. The van der Waals surface area contributed by atoms with Crippen LogP contribution in [0, 0.1) is 5.92 Å². The Morgan fingerprint density at radius 2 is 2.17 bits per heavy atom. The van der Waals surface area contributed by atoms with Gasteiger partial charge in [-0.2, -0.15) is 13.2 Å². The molecule has 4 nitrogen and oxygen atoms in total. The number of amides is 1. The lowest BCUT2D eigenvalue weighted by Gasteiger charge is -2.30. The molecule has 2 aromatic heterocycles. The number of hydrogen-bond donors (Lipinski definition) is 0. The molecule has 8 heteroatoms. The number of likely N-dealkylation sites (tertiary alicyclic amines) is 1. The van der Waals surface area contributed by atoms with Crippen LogP contribution in [0.25, 0.3) is 5.65 Å². The monoisotopic (exact) mass is 359 g/mol. The summed E-state index contributed by atoms with van der Waals surface area (Å²) in [4.78, 5) is 18.4. The number of carbonyl (C=O) groups is 1. The number of alkyl halides is 3. The molecule has 0 saturated carbocycles.